The maximum atomic E-state index is 6.01. The maximum absolute atomic E-state index is 6.01. The van der Waals surface area contributed by atoms with Gasteiger partial charge in [0, 0.05) is 6.04 Å². The fourth-order valence-corrected chi connectivity index (χ4v) is 2.38. The minimum atomic E-state index is 0. The summed E-state index contributed by atoms with van der Waals surface area (Å²) >= 11 is 0. The molecule has 2 N–H and O–H groups in total. The maximum Gasteiger partial charge on any atom is 0.0268 e. The molecule has 0 fully saturated rings. The second-order valence-corrected chi connectivity index (χ2v) is 4.12. The minimum absolute atomic E-state index is 0. The summed E-state index contributed by atoms with van der Waals surface area (Å²) in [7, 11) is 0. The molecule has 16 heavy (non-hydrogen) atoms. The van der Waals surface area contributed by atoms with Crippen molar-refractivity contribution in [3.05, 3.63) is 34.4 Å². The molecule has 1 atom stereocenters. The van der Waals surface area contributed by atoms with Crippen LogP contribution in [0.2, 0.25) is 0 Å². The van der Waals surface area contributed by atoms with Crippen molar-refractivity contribution in [3.63, 3.8) is 0 Å². The fourth-order valence-electron chi connectivity index (χ4n) is 2.38. The van der Waals surface area contributed by atoms with E-state index >= 15 is 0 Å². The lowest BCUT2D eigenvalue weighted by atomic mass is 9.89. The molecule has 1 aromatic carbocycles. The third-order valence-electron chi connectivity index (χ3n) is 3.14. The number of halogens is 1. The minimum Gasteiger partial charge on any atom is -0.324 e. The van der Waals surface area contributed by atoms with Crippen molar-refractivity contribution in [2.45, 2.75) is 53.0 Å². The van der Waals surface area contributed by atoms with Crippen molar-refractivity contribution in [2.24, 2.45) is 5.73 Å². The van der Waals surface area contributed by atoms with Gasteiger partial charge < -0.3 is 5.73 Å². The monoisotopic (exact) mass is 333 g/mol. The Bertz CT molecular complexity index is 332. The molecule has 0 bridgehead atoms. The second-order valence-electron chi connectivity index (χ2n) is 4.12. The van der Waals surface area contributed by atoms with Gasteiger partial charge in [0.25, 0.3) is 0 Å². The molecule has 0 aliphatic rings. The molecular formula is C14H24IN. The van der Waals surface area contributed by atoms with E-state index in [1.807, 2.05) is 0 Å². The highest BCUT2D eigenvalue weighted by Crippen LogP contribution is 2.25. The number of nitrogens with two attached hydrogens (primary N) is 1. The largest absolute Gasteiger partial charge is 0.324 e. The van der Waals surface area contributed by atoms with E-state index in [4.69, 9.17) is 5.73 Å². The first kappa shape index (κ1) is 15.9. The van der Waals surface area contributed by atoms with Gasteiger partial charge in [0.15, 0.2) is 0 Å². The normalized spacial score (nSPS) is 12.1. The first-order valence-electron chi connectivity index (χ1n) is 6.04. The van der Waals surface area contributed by atoms with Crippen molar-refractivity contribution in [3.8, 4) is 0 Å². The average Bonchev–Trinajstić information content (AvgIpc) is 2.26. The topological polar surface area (TPSA) is 26.0 Å². The van der Waals surface area contributed by atoms with E-state index in [0.29, 0.717) is 0 Å². The van der Waals surface area contributed by atoms with Crippen LogP contribution in [0.5, 0.6) is 0 Å². The summed E-state index contributed by atoms with van der Waals surface area (Å²) in [6, 6.07) is 4.61. The SMILES string of the molecule is CCc1ccc(C(C)N)c(CC)c1CC.I. The van der Waals surface area contributed by atoms with Crippen molar-refractivity contribution >= 4 is 24.0 Å². The summed E-state index contributed by atoms with van der Waals surface area (Å²) in [5.74, 6) is 0. The Balaban J connectivity index is 0.00000225. The van der Waals surface area contributed by atoms with Crippen LogP contribution in [0.3, 0.4) is 0 Å². The van der Waals surface area contributed by atoms with Gasteiger partial charge in [0.1, 0.15) is 0 Å². The summed E-state index contributed by atoms with van der Waals surface area (Å²) in [5, 5.41) is 0. The van der Waals surface area contributed by atoms with Gasteiger partial charge >= 0.3 is 0 Å². The Morgan fingerprint density at radius 2 is 1.56 bits per heavy atom. The molecule has 0 saturated heterocycles. The van der Waals surface area contributed by atoms with Crippen LogP contribution in [-0.4, -0.2) is 0 Å². The molecule has 0 amide bonds. The van der Waals surface area contributed by atoms with Crippen molar-refractivity contribution in [2.75, 3.05) is 0 Å². The first-order valence-corrected chi connectivity index (χ1v) is 6.04. The molecule has 0 saturated carbocycles. The third kappa shape index (κ3) is 3.20. The number of aryl methyl sites for hydroxylation is 1. The lowest BCUT2D eigenvalue weighted by molar-refractivity contribution is 0.791. The molecule has 2 heteroatoms. The van der Waals surface area contributed by atoms with Gasteiger partial charge in [-0.15, -0.1) is 24.0 Å². The molecule has 0 aliphatic carbocycles. The number of hydrogen-bond acceptors (Lipinski definition) is 1. The molecule has 0 radical (unpaired) electrons. The molecule has 1 nitrogen and oxygen atoms in total. The smallest absolute Gasteiger partial charge is 0.0268 e. The van der Waals surface area contributed by atoms with Crippen LogP contribution in [0, 0.1) is 0 Å². The highest BCUT2D eigenvalue weighted by Gasteiger charge is 2.11. The van der Waals surface area contributed by atoms with Crippen LogP contribution in [-0.2, 0) is 19.3 Å². The summed E-state index contributed by atoms with van der Waals surface area (Å²) in [6.45, 7) is 8.75. The van der Waals surface area contributed by atoms with Gasteiger partial charge in [0.2, 0.25) is 0 Å². The van der Waals surface area contributed by atoms with E-state index in [2.05, 4.69) is 39.8 Å². The standard InChI is InChI=1S/C14H23N.HI/c1-5-11-8-9-14(10(4)15)13(7-3)12(11)6-2;/h8-10H,5-7,15H2,1-4H3;1H. The van der Waals surface area contributed by atoms with Gasteiger partial charge in [-0.2, -0.15) is 0 Å². The van der Waals surface area contributed by atoms with Crippen LogP contribution in [0.15, 0.2) is 12.1 Å². The molecule has 1 unspecified atom stereocenters. The predicted octanol–water partition coefficient (Wildman–Crippen LogP) is 4.01. The Morgan fingerprint density at radius 1 is 1.00 bits per heavy atom. The van der Waals surface area contributed by atoms with E-state index in [0.717, 1.165) is 19.3 Å². The summed E-state index contributed by atoms with van der Waals surface area (Å²) in [4.78, 5) is 0. The molecule has 0 spiro atoms. The average molecular weight is 333 g/mol. The Morgan fingerprint density at radius 3 is 1.94 bits per heavy atom. The third-order valence-corrected chi connectivity index (χ3v) is 3.14. The molecule has 0 heterocycles. The van der Waals surface area contributed by atoms with Gasteiger partial charge in [-0.3, -0.25) is 0 Å². The van der Waals surface area contributed by atoms with Crippen LogP contribution in [0.25, 0.3) is 0 Å². The molecule has 1 aromatic rings. The number of rotatable bonds is 4. The van der Waals surface area contributed by atoms with Crippen molar-refractivity contribution in [1.82, 2.24) is 0 Å². The second kappa shape index (κ2) is 7.28. The van der Waals surface area contributed by atoms with Gasteiger partial charge in [-0.1, -0.05) is 32.9 Å². The zero-order valence-corrected chi connectivity index (χ0v) is 13.2. The first-order chi connectivity index (χ1) is 7.15. The highest BCUT2D eigenvalue weighted by molar-refractivity contribution is 14.0. The highest BCUT2D eigenvalue weighted by atomic mass is 127. The predicted molar refractivity (Wildman–Crippen MR) is 82.6 cm³/mol. The molecular weight excluding hydrogens is 309 g/mol. The zero-order chi connectivity index (χ0) is 11.4. The van der Waals surface area contributed by atoms with E-state index < -0.39 is 0 Å². The van der Waals surface area contributed by atoms with Crippen LogP contribution in [0.4, 0.5) is 0 Å². The van der Waals surface area contributed by atoms with Crippen LogP contribution >= 0.6 is 24.0 Å². The van der Waals surface area contributed by atoms with Crippen LogP contribution in [0.1, 0.15) is 56.0 Å². The molecule has 0 aliphatic heterocycles. The van der Waals surface area contributed by atoms with Gasteiger partial charge in [0.05, 0.1) is 0 Å². The molecule has 1 rings (SSSR count). The lowest BCUT2D eigenvalue weighted by Crippen LogP contribution is -2.11. The van der Waals surface area contributed by atoms with E-state index in [1.165, 1.54) is 22.3 Å². The lowest BCUT2D eigenvalue weighted by Gasteiger charge is -2.18. The van der Waals surface area contributed by atoms with Crippen molar-refractivity contribution < 1.29 is 0 Å². The van der Waals surface area contributed by atoms with E-state index in [1.54, 1.807) is 0 Å². The molecule has 0 aromatic heterocycles. The number of hydrogen-bond donors (Lipinski definition) is 1. The Hall–Kier alpha value is -0.0900. The van der Waals surface area contributed by atoms with Gasteiger partial charge in [-0.25, -0.2) is 0 Å². The summed E-state index contributed by atoms with van der Waals surface area (Å²) < 4.78 is 0. The summed E-state index contributed by atoms with van der Waals surface area (Å²) in [6.07, 6.45) is 3.33. The van der Waals surface area contributed by atoms with E-state index in [9.17, 15) is 0 Å². The quantitative estimate of drug-likeness (QED) is 0.828. The zero-order valence-electron chi connectivity index (χ0n) is 10.8. The number of benzene rings is 1. The summed E-state index contributed by atoms with van der Waals surface area (Å²) in [5.41, 5.74) is 11.8. The van der Waals surface area contributed by atoms with Gasteiger partial charge in [-0.05, 0) is 48.4 Å². The Kier molecular flexibility index (Phi) is 7.24. The fraction of sp³-hybridized carbons (Fsp3) is 0.571. The van der Waals surface area contributed by atoms with Crippen LogP contribution < -0.4 is 5.73 Å². The Labute approximate surface area is 117 Å². The van der Waals surface area contributed by atoms with E-state index in [-0.39, 0.29) is 30.0 Å². The molecule has 92 valence electrons. The van der Waals surface area contributed by atoms with Crippen molar-refractivity contribution in [1.29, 1.82) is 0 Å².